The van der Waals surface area contributed by atoms with E-state index in [-0.39, 0.29) is 51.3 Å². The minimum absolute atomic E-state index is 0.00920. The van der Waals surface area contributed by atoms with Crippen molar-refractivity contribution in [1.82, 2.24) is 0 Å². The van der Waals surface area contributed by atoms with E-state index in [1.54, 1.807) is 12.1 Å². The lowest BCUT2D eigenvalue weighted by atomic mass is 10.1. The molecule has 2 rings (SSSR count). The summed E-state index contributed by atoms with van der Waals surface area (Å²) >= 11 is 11.9. The molecule has 0 aliphatic rings. The number of esters is 1. The van der Waals surface area contributed by atoms with E-state index in [4.69, 9.17) is 32.7 Å². The normalized spacial score (nSPS) is 10.7. The molecule has 0 bridgehead atoms. The average Bonchev–Trinajstić information content (AvgIpc) is 2.86. The summed E-state index contributed by atoms with van der Waals surface area (Å²) in [7, 11) is 1.33. The van der Waals surface area contributed by atoms with E-state index in [0.29, 0.717) is 42.6 Å². The number of hydrogen-bond acceptors (Lipinski definition) is 7. The van der Waals surface area contributed by atoms with Gasteiger partial charge in [-0.1, -0.05) is 26.5 Å². The highest BCUT2D eigenvalue weighted by Crippen LogP contribution is 2.29. The molecule has 0 atom stereocenters. The molecule has 2 aromatic rings. The van der Waals surface area contributed by atoms with Crippen LogP contribution in [-0.2, 0) is 16.1 Å². The molecular formula is C26H32Cl2N2O6. The number of amides is 1. The second-order valence-electron chi connectivity index (χ2n) is 7.99. The van der Waals surface area contributed by atoms with Gasteiger partial charge in [0.2, 0.25) is 5.91 Å². The predicted octanol–water partition coefficient (Wildman–Crippen LogP) is 3.70. The molecule has 0 radical (unpaired) electrons. The Morgan fingerprint density at radius 2 is 1.75 bits per heavy atom. The first-order valence-electron chi connectivity index (χ1n) is 11.5. The number of aromatic hydroxyl groups is 2. The van der Waals surface area contributed by atoms with Crippen LogP contribution in [0.5, 0.6) is 17.2 Å². The molecule has 0 fully saturated rings. The van der Waals surface area contributed by atoms with Crippen molar-refractivity contribution in [2.75, 3.05) is 42.2 Å². The molecule has 196 valence electrons. The van der Waals surface area contributed by atoms with E-state index in [0.717, 1.165) is 12.8 Å². The smallest absolute Gasteiger partial charge is 0.338 e. The maximum atomic E-state index is 12.9. The lowest BCUT2D eigenvalue weighted by molar-refractivity contribution is -0.116. The first kappa shape index (κ1) is 29.1. The SMILES string of the molecule is C=c1c(O)c(OC)c(=C)c(O)c1COC(=O)c1ccc(N(CCCl)CCCl)c(NC(=O)CCCC)c1. The number of carbonyl (C=O) groups excluding carboxylic acids is 2. The molecule has 0 aliphatic heterocycles. The van der Waals surface area contributed by atoms with Gasteiger partial charge in [0.1, 0.15) is 12.4 Å². The molecule has 0 aromatic heterocycles. The van der Waals surface area contributed by atoms with Crippen molar-refractivity contribution >= 4 is 59.6 Å². The number of unbranched alkanes of at least 4 members (excludes halogenated alkanes) is 1. The molecular weight excluding hydrogens is 507 g/mol. The van der Waals surface area contributed by atoms with Crippen LogP contribution in [0.25, 0.3) is 13.2 Å². The number of rotatable bonds is 13. The van der Waals surface area contributed by atoms with Gasteiger partial charge in [-0.15, -0.1) is 23.2 Å². The molecule has 0 saturated heterocycles. The Kier molecular flexibility index (Phi) is 11.2. The van der Waals surface area contributed by atoms with Crippen molar-refractivity contribution in [3.8, 4) is 17.2 Å². The van der Waals surface area contributed by atoms with Crippen LogP contribution < -0.4 is 25.4 Å². The monoisotopic (exact) mass is 538 g/mol. The minimum Gasteiger partial charge on any atom is -0.507 e. The molecule has 8 nitrogen and oxygen atoms in total. The van der Waals surface area contributed by atoms with Gasteiger partial charge in [-0.25, -0.2) is 4.79 Å². The number of phenols is 2. The van der Waals surface area contributed by atoms with Gasteiger partial charge in [-0.2, -0.15) is 0 Å². The fraction of sp³-hybridized carbons (Fsp3) is 0.385. The highest BCUT2D eigenvalue weighted by atomic mass is 35.5. The van der Waals surface area contributed by atoms with E-state index in [1.165, 1.54) is 13.2 Å². The molecule has 0 aliphatic carbocycles. The zero-order valence-electron chi connectivity index (χ0n) is 20.5. The molecule has 0 spiro atoms. The van der Waals surface area contributed by atoms with Gasteiger partial charge in [0, 0.05) is 42.1 Å². The zero-order chi connectivity index (χ0) is 26.8. The van der Waals surface area contributed by atoms with E-state index in [1.807, 2.05) is 11.8 Å². The Hall–Kier alpha value is -3.10. The van der Waals surface area contributed by atoms with Crippen molar-refractivity contribution in [3.63, 3.8) is 0 Å². The average molecular weight is 539 g/mol. The van der Waals surface area contributed by atoms with Crippen molar-refractivity contribution in [3.05, 3.63) is 39.8 Å². The molecule has 10 heteroatoms. The number of anilines is 2. The van der Waals surface area contributed by atoms with Gasteiger partial charge in [-0.05, 0) is 24.6 Å². The number of nitrogens with zero attached hydrogens (tertiary/aromatic N) is 1. The molecule has 0 unspecified atom stereocenters. The second-order valence-corrected chi connectivity index (χ2v) is 8.75. The lowest BCUT2D eigenvalue weighted by Crippen LogP contribution is -2.29. The summed E-state index contributed by atoms with van der Waals surface area (Å²) < 4.78 is 10.4. The summed E-state index contributed by atoms with van der Waals surface area (Å²) in [5.41, 5.74) is 1.39. The molecule has 0 heterocycles. The number of hydrogen-bond donors (Lipinski definition) is 3. The largest absolute Gasteiger partial charge is 0.507 e. The van der Waals surface area contributed by atoms with Crippen LogP contribution in [0.4, 0.5) is 11.4 Å². The Labute approximate surface area is 220 Å². The number of alkyl halides is 2. The number of phenolic OH excluding ortho intramolecular Hbond substituents is 2. The maximum absolute atomic E-state index is 12.9. The topological polar surface area (TPSA) is 108 Å². The van der Waals surface area contributed by atoms with Crippen LogP contribution in [0, 0.1) is 0 Å². The van der Waals surface area contributed by atoms with Crippen LogP contribution in [0.1, 0.15) is 42.1 Å². The first-order chi connectivity index (χ1) is 17.2. The van der Waals surface area contributed by atoms with Crippen LogP contribution in [-0.4, -0.2) is 54.0 Å². The fourth-order valence-electron chi connectivity index (χ4n) is 3.60. The summed E-state index contributed by atoms with van der Waals surface area (Å²) in [6.07, 6.45) is 1.94. The van der Waals surface area contributed by atoms with Crippen molar-refractivity contribution in [2.24, 2.45) is 0 Å². The third-order valence-electron chi connectivity index (χ3n) is 5.58. The summed E-state index contributed by atoms with van der Waals surface area (Å²) in [5.74, 6) is -0.778. The van der Waals surface area contributed by atoms with Crippen molar-refractivity contribution in [2.45, 2.75) is 32.8 Å². The standard InChI is InChI=1S/C26H32Cl2N2O6/c1-5-6-7-22(31)29-20-14-18(8-9-21(20)30(12-10-27)13-11-28)26(34)36-15-19-16(2)24(33)25(35-4)17(3)23(19)32/h8-9,14,32-33H,2-3,5-7,10-13,15H2,1,4H3,(H,29,31). The summed E-state index contributed by atoms with van der Waals surface area (Å²) in [6, 6.07) is 4.79. The zero-order valence-corrected chi connectivity index (χ0v) is 22.0. The van der Waals surface area contributed by atoms with Gasteiger partial charge >= 0.3 is 5.97 Å². The Morgan fingerprint density at radius 1 is 1.08 bits per heavy atom. The number of carbonyl (C=O) groups is 2. The molecule has 0 saturated carbocycles. The predicted molar refractivity (Wildman–Crippen MR) is 144 cm³/mol. The Morgan fingerprint density at radius 3 is 2.33 bits per heavy atom. The summed E-state index contributed by atoms with van der Waals surface area (Å²) in [4.78, 5) is 27.3. The lowest BCUT2D eigenvalue weighted by Gasteiger charge is -2.26. The van der Waals surface area contributed by atoms with E-state index >= 15 is 0 Å². The molecule has 3 N–H and O–H groups in total. The number of halogens is 2. The highest BCUT2D eigenvalue weighted by Gasteiger charge is 2.19. The molecule has 2 aromatic carbocycles. The van der Waals surface area contributed by atoms with Crippen molar-refractivity contribution < 1.29 is 29.3 Å². The third-order valence-corrected chi connectivity index (χ3v) is 5.91. The van der Waals surface area contributed by atoms with Gasteiger partial charge < -0.3 is 29.9 Å². The van der Waals surface area contributed by atoms with Crippen LogP contribution in [0.3, 0.4) is 0 Å². The highest BCUT2D eigenvalue weighted by molar-refractivity contribution is 6.18. The Balaban J connectivity index is 2.36. The number of nitrogens with one attached hydrogen (secondary N) is 1. The van der Waals surface area contributed by atoms with Crippen LogP contribution in [0.2, 0.25) is 0 Å². The van der Waals surface area contributed by atoms with Crippen LogP contribution >= 0.6 is 23.2 Å². The van der Waals surface area contributed by atoms with Crippen molar-refractivity contribution in [1.29, 1.82) is 0 Å². The van der Waals surface area contributed by atoms with Crippen LogP contribution in [0.15, 0.2) is 18.2 Å². The van der Waals surface area contributed by atoms with E-state index < -0.39 is 5.97 Å². The third kappa shape index (κ3) is 6.98. The van der Waals surface area contributed by atoms with E-state index in [9.17, 15) is 19.8 Å². The molecule has 36 heavy (non-hydrogen) atoms. The van der Waals surface area contributed by atoms with Gasteiger partial charge in [0.15, 0.2) is 11.5 Å². The summed E-state index contributed by atoms with van der Waals surface area (Å²) in [6.45, 7) is 10.0. The quantitative estimate of drug-likeness (QED) is 0.202. The fourth-order valence-corrected chi connectivity index (χ4v) is 4.01. The summed E-state index contributed by atoms with van der Waals surface area (Å²) in [5, 5.41) is 23.7. The van der Waals surface area contributed by atoms with Gasteiger partial charge in [0.25, 0.3) is 0 Å². The second kappa shape index (κ2) is 13.8. The minimum atomic E-state index is -0.702. The number of ether oxygens (including phenoxy) is 2. The number of methoxy groups -OCH3 is 1. The van der Waals surface area contributed by atoms with E-state index in [2.05, 4.69) is 18.5 Å². The first-order valence-corrected chi connectivity index (χ1v) is 12.5. The van der Waals surface area contributed by atoms with Gasteiger partial charge in [0.05, 0.1) is 29.3 Å². The Bertz CT molecular complexity index is 1180. The molecule has 1 amide bonds. The maximum Gasteiger partial charge on any atom is 0.338 e. The number of benzene rings is 2. The van der Waals surface area contributed by atoms with Gasteiger partial charge in [-0.3, -0.25) is 4.79 Å².